The molecule has 0 aliphatic carbocycles. The van der Waals surface area contributed by atoms with E-state index in [4.69, 9.17) is 16.3 Å². The Morgan fingerprint density at radius 2 is 2.25 bits per heavy atom. The minimum atomic E-state index is -0.623. The molecule has 0 amide bonds. The van der Waals surface area contributed by atoms with Gasteiger partial charge in [0.05, 0.1) is 11.7 Å². The Labute approximate surface area is 126 Å². The summed E-state index contributed by atoms with van der Waals surface area (Å²) in [5, 5.41) is 13.8. The molecule has 20 heavy (non-hydrogen) atoms. The Morgan fingerprint density at radius 3 is 2.95 bits per heavy atom. The van der Waals surface area contributed by atoms with E-state index in [0.717, 1.165) is 17.3 Å². The summed E-state index contributed by atoms with van der Waals surface area (Å²) in [5.74, 6) is 0.438. The second kappa shape index (κ2) is 7.54. The third-order valence-corrected chi connectivity index (χ3v) is 3.60. The molecule has 2 rings (SSSR count). The van der Waals surface area contributed by atoms with Gasteiger partial charge in [-0.05, 0) is 18.6 Å². The van der Waals surface area contributed by atoms with Crippen LogP contribution in [0, 0.1) is 0 Å². The molecule has 5 nitrogen and oxygen atoms in total. The van der Waals surface area contributed by atoms with E-state index < -0.39 is 6.10 Å². The lowest BCUT2D eigenvalue weighted by Crippen LogP contribution is -2.33. The standard InChI is InChI=1S/C13H16ClN3O2S/c1-9(11-4-2-3-5-12(11)14)15-6-10(18)8-19-13-7-16-20-17-13/h2-5,7,9-10,15,18H,6,8H2,1H3. The number of aliphatic hydroxyl groups is 1. The van der Waals surface area contributed by atoms with Gasteiger partial charge in [-0.25, -0.2) is 0 Å². The number of rotatable bonds is 7. The van der Waals surface area contributed by atoms with Gasteiger partial charge in [0.15, 0.2) is 0 Å². The normalized spacial score (nSPS) is 13.9. The van der Waals surface area contributed by atoms with Crippen molar-refractivity contribution in [3.8, 4) is 5.88 Å². The van der Waals surface area contributed by atoms with E-state index in [9.17, 15) is 5.11 Å². The zero-order chi connectivity index (χ0) is 14.4. The third-order valence-electron chi connectivity index (χ3n) is 2.80. The Kier molecular flexibility index (Phi) is 5.72. The van der Waals surface area contributed by atoms with Crippen molar-refractivity contribution in [2.45, 2.75) is 19.1 Å². The Morgan fingerprint density at radius 1 is 1.45 bits per heavy atom. The van der Waals surface area contributed by atoms with Crippen LogP contribution in [-0.2, 0) is 0 Å². The highest BCUT2D eigenvalue weighted by Crippen LogP contribution is 2.21. The van der Waals surface area contributed by atoms with Gasteiger partial charge in [0.2, 0.25) is 5.88 Å². The molecule has 7 heteroatoms. The van der Waals surface area contributed by atoms with Gasteiger partial charge in [0.25, 0.3) is 0 Å². The molecule has 2 aromatic rings. The van der Waals surface area contributed by atoms with E-state index in [1.807, 2.05) is 31.2 Å². The van der Waals surface area contributed by atoms with Crippen LogP contribution in [0.2, 0.25) is 5.02 Å². The van der Waals surface area contributed by atoms with Gasteiger partial charge in [-0.1, -0.05) is 29.8 Å². The number of aromatic nitrogens is 2. The zero-order valence-corrected chi connectivity index (χ0v) is 12.6. The van der Waals surface area contributed by atoms with Crippen molar-refractivity contribution in [1.29, 1.82) is 0 Å². The Hall–Kier alpha value is -1.21. The maximum atomic E-state index is 9.85. The van der Waals surface area contributed by atoms with Gasteiger partial charge < -0.3 is 15.2 Å². The molecule has 0 aliphatic heterocycles. The fourth-order valence-corrected chi connectivity index (χ4v) is 2.37. The molecule has 1 aromatic carbocycles. The van der Waals surface area contributed by atoms with E-state index in [0.29, 0.717) is 17.4 Å². The molecule has 0 fully saturated rings. The van der Waals surface area contributed by atoms with Crippen molar-refractivity contribution in [3.63, 3.8) is 0 Å². The summed E-state index contributed by atoms with van der Waals surface area (Å²) < 4.78 is 13.0. The predicted octanol–water partition coefficient (Wildman–Crippen LogP) is 2.28. The smallest absolute Gasteiger partial charge is 0.245 e. The molecule has 0 saturated heterocycles. The number of benzene rings is 1. The van der Waals surface area contributed by atoms with Crippen LogP contribution in [0.5, 0.6) is 5.88 Å². The van der Waals surface area contributed by atoms with Crippen LogP contribution in [0.4, 0.5) is 0 Å². The van der Waals surface area contributed by atoms with E-state index in [-0.39, 0.29) is 12.6 Å². The van der Waals surface area contributed by atoms with Crippen molar-refractivity contribution in [2.75, 3.05) is 13.2 Å². The van der Waals surface area contributed by atoms with E-state index >= 15 is 0 Å². The summed E-state index contributed by atoms with van der Waals surface area (Å²) in [6.45, 7) is 2.58. The molecule has 0 bridgehead atoms. The maximum absolute atomic E-state index is 9.85. The van der Waals surface area contributed by atoms with Gasteiger partial charge in [-0.2, -0.15) is 4.37 Å². The highest BCUT2D eigenvalue weighted by Gasteiger charge is 2.12. The first-order valence-electron chi connectivity index (χ1n) is 6.23. The van der Waals surface area contributed by atoms with Gasteiger partial charge in [-0.3, -0.25) is 0 Å². The van der Waals surface area contributed by atoms with Crippen molar-refractivity contribution in [1.82, 2.24) is 14.1 Å². The Balaban J connectivity index is 1.75. The topological polar surface area (TPSA) is 67.3 Å². The average Bonchev–Trinajstić information content (AvgIpc) is 2.96. The average molecular weight is 314 g/mol. The van der Waals surface area contributed by atoms with Gasteiger partial charge in [0.1, 0.15) is 18.9 Å². The number of aliphatic hydroxyl groups excluding tert-OH is 1. The molecule has 0 aliphatic rings. The summed E-state index contributed by atoms with van der Waals surface area (Å²) >= 11 is 7.19. The van der Waals surface area contributed by atoms with Gasteiger partial charge in [-0.15, -0.1) is 4.37 Å². The van der Waals surface area contributed by atoms with Crippen LogP contribution < -0.4 is 10.1 Å². The van der Waals surface area contributed by atoms with Gasteiger partial charge >= 0.3 is 0 Å². The van der Waals surface area contributed by atoms with Crippen LogP contribution in [0.25, 0.3) is 0 Å². The lowest BCUT2D eigenvalue weighted by atomic mass is 10.1. The van der Waals surface area contributed by atoms with E-state index in [2.05, 4.69) is 14.1 Å². The van der Waals surface area contributed by atoms with E-state index in [1.165, 1.54) is 6.20 Å². The first-order chi connectivity index (χ1) is 9.66. The molecular weight excluding hydrogens is 298 g/mol. The molecule has 0 spiro atoms. The van der Waals surface area contributed by atoms with Crippen molar-refractivity contribution >= 4 is 23.3 Å². The molecule has 1 aromatic heterocycles. The monoisotopic (exact) mass is 313 g/mol. The van der Waals surface area contributed by atoms with E-state index in [1.54, 1.807) is 0 Å². The zero-order valence-electron chi connectivity index (χ0n) is 11.0. The quantitative estimate of drug-likeness (QED) is 0.821. The predicted molar refractivity (Wildman–Crippen MR) is 79.3 cm³/mol. The first-order valence-corrected chi connectivity index (χ1v) is 7.34. The number of hydrogen-bond acceptors (Lipinski definition) is 6. The Bertz CT molecular complexity index is 524. The summed E-state index contributed by atoms with van der Waals surface area (Å²) in [6, 6.07) is 7.70. The summed E-state index contributed by atoms with van der Waals surface area (Å²) in [7, 11) is 0. The van der Waals surface area contributed by atoms with Crippen molar-refractivity contribution < 1.29 is 9.84 Å². The number of halogens is 1. The third kappa shape index (κ3) is 4.42. The van der Waals surface area contributed by atoms with Crippen LogP contribution in [0.15, 0.2) is 30.5 Å². The fourth-order valence-electron chi connectivity index (χ4n) is 1.71. The lowest BCUT2D eigenvalue weighted by Gasteiger charge is -2.18. The van der Waals surface area contributed by atoms with Crippen LogP contribution in [0.1, 0.15) is 18.5 Å². The van der Waals surface area contributed by atoms with Crippen LogP contribution >= 0.6 is 23.3 Å². The SMILES string of the molecule is CC(NCC(O)COc1cnsn1)c1ccccc1Cl. The number of nitrogens with one attached hydrogen (secondary N) is 1. The second-order valence-electron chi connectivity index (χ2n) is 4.36. The highest BCUT2D eigenvalue weighted by atomic mass is 35.5. The minimum absolute atomic E-state index is 0.0549. The highest BCUT2D eigenvalue weighted by molar-refractivity contribution is 6.99. The summed E-state index contributed by atoms with van der Waals surface area (Å²) in [4.78, 5) is 0. The van der Waals surface area contributed by atoms with Crippen LogP contribution in [-0.4, -0.2) is 33.1 Å². The molecule has 108 valence electrons. The molecule has 1 heterocycles. The molecular formula is C13H16ClN3O2S. The molecule has 2 unspecified atom stereocenters. The van der Waals surface area contributed by atoms with Crippen LogP contribution in [0.3, 0.4) is 0 Å². The number of nitrogens with zero attached hydrogens (tertiary/aromatic N) is 2. The molecule has 2 N–H and O–H groups in total. The summed E-state index contributed by atoms with van der Waals surface area (Å²) in [6.07, 6.45) is 0.901. The summed E-state index contributed by atoms with van der Waals surface area (Å²) in [5.41, 5.74) is 1.01. The fraction of sp³-hybridized carbons (Fsp3) is 0.385. The van der Waals surface area contributed by atoms with Crippen molar-refractivity contribution in [2.24, 2.45) is 0 Å². The molecule has 0 radical (unpaired) electrons. The largest absolute Gasteiger partial charge is 0.473 e. The van der Waals surface area contributed by atoms with Gasteiger partial charge in [0, 0.05) is 17.6 Å². The lowest BCUT2D eigenvalue weighted by molar-refractivity contribution is 0.102. The first kappa shape index (κ1) is 15.2. The number of hydrogen-bond donors (Lipinski definition) is 2. The maximum Gasteiger partial charge on any atom is 0.245 e. The minimum Gasteiger partial charge on any atom is -0.473 e. The molecule has 2 atom stereocenters. The van der Waals surface area contributed by atoms with Crippen molar-refractivity contribution in [3.05, 3.63) is 41.0 Å². The number of ether oxygens (including phenoxy) is 1. The molecule has 0 saturated carbocycles. The second-order valence-corrected chi connectivity index (χ2v) is 5.33.